The number of hydrogen-bond donors (Lipinski definition) is 12. The summed E-state index contributed by atoms with van der Waals surface area (Å²) in [6.07, 6.45) is 33.1. The molecule has 0 aromatic carbocycles. The molecule has 39 heteroatoms. The van der Waals surface area contributed by atoms with Crippen LogP contribution in [0, 0.1) is 54.1 Å². The zero-order valence-corrected chi connectivity index (χ0v) is 108. The number of nitrogens with one attached hydrogen (secondary N) is 12. The van der Waals surface area contributed by atoms with Crippen LogP contribution in [0.1, 0.15) is 275 Å². The van der Waals surface area contributed by atoms with E-state index in [1.165, 1.54) is 53.2 Å². The van der Waals surface area contributed by atoms with Crippen LogP contribution in [-0.4, -0.2) is 206 Å². The predicted molar refractivity (Wildman–Crippen MR) is 455 cm³/mol. The first-order chi connectivity index (χ1) is 50.3. The summed E-state index contributed by atoms with van der Waals surface area (Å²) in [6.45, 7) is 73.0. The van der Waals surface area contributed by atoms with Crippen LogP contribution in [0.3, 0.4) is 0 Å². The molecule has 6 amide bonds. The number of carbonyl (C=O) groups excluding carboxylic acids is 18. The molecule has 0 aliphatic rings. The van der Waals surface area contributed by atoms with Crippen LogP contribution in [0.5, 0.6) is 0 Å². The maximum absolute atomic E-state index is 9.78. The third-order valence-corrected chi connectivity index (χ3v) is 7.68. The van der Waals surface area contributed by atoms with E-state index in [1.807, 2.05) is 257 Å². The van der Waals surface area contributed by atoms with Crippen molar-refractivity contribution in [3.05, 3.63) is 0 Å². The SMILES string of the molecule is CC(C)(C)CCNCN[C-]=O.CC(C)(C)NCNCC[C-]=O.CC(C)(C)[C-]=O.CC(C)(C)[C-]=O.CC(C)(C)[C-]=O.CC(C)(C)[C-]=O.CC(C)(C)[C-]=O.CC(C)(C)[C-]=O.CC(C)(C)[C-]=O.CC(C)(C)[C-]=O.CC(C)(C)[C-]=O.CNC(C)(C)C.CN[C-]=O.CN[C-]=O.CN[C-]=O.O=[C-]CCNCN[C-]=O.O=[C-]CCNCN[C-]=O.[Y].[Y].[Y].[Y].[Y].[Y].[Y].[Y].[Y]. The molecule has 9 radical (unpaired) electrons. The minimum atomic E-state index is -0.264. The quantitative estimate of drug-likeness (QED) is 0.0182. The van der Waals surface area contributed by atoms with E-state index in [4.69, 9.17) is 14.4 Å². The van der Waals surface area contributed by atoms with Crippen LogP contribution in [0.15, 0.2) is 0 Å². The molecule has 0 aliphatic carbocycles. The Morgan fingerprint density at radius 1 is 0.207 bits per heavy atom. The van der Waals surface area contributed by atoms with E-state index in [0.29, 0.717) is 69.9 Å². The first-order valence-electron chi connectivity index (χ1n) is 35.6. The first kappa shape index (κ1) is 195. The molecule has 697 valence electrons. The Morgan fingerprint density at radius 2 is 0.339 bits per heavy atom. The minimum Gasteiger partial charge on any atom is -0.542 e. The predicted octanol–water partition coefficient (Wildman–Crippen LogP) is 7.51. The zero-order chi connectivity index (χ0) is 93.7. The fourth-order valence-corrected chi connectivity index (χ4v) is 1.86. The fourth-order valence-electron chi connectivity index (χ4n) is 1.86. The van der Waals surface area contributed by atoms with Gasteiger partial charge in [0.15, 0.2) is 0 Å². The van der Waals surface area contributed by atoms with E-state index in [9.17, 15) is 71.9 Å². The fraction of sp³-hybridized carbons (Fsp3) is 0.780. The molecule has 0 heterocycles. The monoisotopic (exact) mass is 2400 g/mol. The van der Waals surface area contributed by atoms with Crippen LogP contribution in [0.25, 0.3) is 0 Å². The summed E-state index contributed by atoms with van der Waals surface area (Å²) in [4.78, 5) is 172. The summed E-state index contributed by atoms with van der Waals surface area (Å²) >= 11 is 0. The van der Waals surface area contributed by atoms with Crippen LogP contribution < -0.4 is 63.8 Å². The summed E-state index contributed by atoms with van der Waals surface area (Å²) < 4.78 is 0. The summed E-state index contributed by atoms with van der Waals surface area (Å²) in [5, 5.41) is 31.3. The topological polar surface area (TPSA) is 452 Å². The standard InChI is InChI=1S/2C8H17N2O.2C5H8N2O2.C5H13N.9C5H9O.3C2H4NO.9Y/c1-8(2,3)4-5-9-6-10-7-11;1-8(2,3)10-7-9-5-4-6-11;2*8-3-1-2-6-4-7-5-9;1-5(2,3)6-4;9*1-5(2,3)4-6;3*1-3-2-4;;;;;;;;;/h9H,4-6H2,1-3H3,(H,10,11);9-10H,4-5,7H2,1-3H3;2*6H,1-2,4H2,(H,7,9);6H,1-4H3;9*1-3H3;3*1H3,(H,3,4);;;;;;;;;/q2*-1;2*-2;;12*-1;;;;;;;;;. The Bertz CT molecular complexity index is 1840. The molecule has 0 rings (SSSR count). The summed E-state index contributed by atoms with van der Waals surface area (Å²) in [7, 11) is 6.48. The molecule has 0 aliphatic heterocycles. The molecule has 0 aromatic rings. The molecule has 121 heavy (non-hydrogen) atoms. The van der Waals surface area contributed by atoms with Crippen molar-refractivity contribution in [2.24, 2.45) is 54.1 Å². The molecular formula is C82H156N12O18Y9-18. The van der Waals surface area contributed by atoms with Gasteiger partial charge in [0, 0.05) is 332 Å². The van der Waals surface area contributed by atoms with Crippen LogP contribution in [0.2, 0.25) is 0 Å². The number of rotatable bonds is 25. The van der Waals surface area contributed by atoms with E-state index in [-0.39, 0.29) is 349 Å². The van der Waals surface area contributed by atoms with Gasteiger partial charge in [-0.25, -0.2) is 0 Å². The third-order valence-electron chi connectivity index (χ3n) is 7.68. The van der Waals surface area contributed by atoms with Gasteiger partial charge in [0.05, 0.1) is 0 Å². The number of hydrogen-bond acceptors (Lipinski definition) is 24. The molecule has 0 unspecified atom stereocenters. The summed E-state index contributed by atoms with van der Waals surface area (Å²) in [5.41, 5.74) is -1.59. The van der Waals surface area contributed by atoms with E-state index in [2.05, 4.69) is 126 Å². The van der Waals surface area contributed by atoms with Crippen molar-refractivity contribution in [2.45, 2.75) is 286 Å². The molecular weight excluding hydrogens is 2240 g/mol. The van der Waals surface area contributed by atoms with Gasteiger partial charge < -0.3 is 145 Å². The normalized spacial score (nSPS) is 9.42. The Labute approximate surface area is 964 Å². The average Bonchev–Trinajstić information content (AvgIpc) is 0.990. The maximum Gasteiger partial charge on any atom is 0.0457 e. The van der Waals surface area contributed by atoms with Crippen LogP contribution in [-0.2, 0) is 381 Å². The Kier molecular flexibility index (Phi) is 215. The van der Waals surface area contributed by atoms with Crippen molar-refractivity contribution in [3.63, 3.8) is 0 Å². The maximum atomic E-state index is 9.78. The van der Waals surface area contributed by atoms with Gasteiger partial charge in [0.1, 0.15) is 0 Å². The smallest absolute Gasteiger partial charge is 0.0457 e. The molecule has 30 nitrogen and oxygen atoms in total. The largest absolute Gasteiger partial charge is 0.542 e. The van der Waals surface area contributed by atoms with E-state index < -0.39 is 0 Å². The molecule has 0 saturated carbocycles. The zero-order valence-electron chi connectivity index (χ0n) is 82.0. The van der Waals surface area contributed by atoms with Gasteiger partial charge >= 0.3 is 0 Å². The second-order valence-corrected chi connectivity index (χ2v) is 34.7. The first-order valence-corrected chi connectivity index (χ1v) is 35.6. The third kappa shape index (κ3) is 441. The van der Waals surface area contributed by atoms with Gasteiger partial charge in [0.2, 0.25) is 0 Å². The molecule has 0 fully saturated rings. The van der Waals surface area contributed by atoms with Crippen molar-refractivity contribution < 1.29 is 381 Å². The second-order valence-electron chi connectivity index (χ2n) is 34.7. The molecule has 0 aromatic heterocycles. The molecule has 0 bridgehead atoms. The van der Waals surface area contributed by atoms with Gasteiger partial charge in [-0.05, 0) is 108 Å². The molecule has 0 saturated heterocycles. The van der Waals surface area contributed by atoms with Gasteiger partial charge in [-0.15, -0.1) is 68.0 Å². The van der Waals surface area contributed by atoms with Crippen LogP contribution in [0.4, 0.5) is 0 Å². The van der Waals surface area contributed by atoms with Crippen molar-refractivity contribution in [1.82, 2.24) is 63.8 Å². The Hall–Kier alpha value is 2.56. The molecule has 0 spiro atoms. The average molecular weight is 2400 g/mol. The van der Waals surface area contributed by atoms with Gasteiger partial charge in [-0.2, -0.15) is 38.5 Å². The van der Waals surface area contributed by atoms with E-state index >= 15 is 0 Å². The second kappa shape index (κ2) is 133. The number of amides is 6. The molecule has 12 N–H and O–H groups in total. The van der Waals surface area contributed by atoms with Crippen molar-refractivity contribution in [1.29, 1.82) is 0 Å². The van der Waals surface area contributed by atoms with Crippen molar-refractivity contribution >= 4 is 114 Å². The van der Waals surface area contributed by atoms with E-state index in [0.717, 1.165) is 19.6 Å². The van der Waals surface area contributed by atoms with E-state index in [1.54, 1.807) is 19.0 Å². The van der Waals surface area contributed by atoms with Crippen molar-refractivity contribution in [2.75, 3.05) is 81.0 Å². The Balaban J connectivity index is -0.0000000331. The molecule has 0 atom stereocenters. The van der Waals surface area contributed by atoms with Gasteiger partial charge in [-0.1, -0.05) is 208 Å². The van der Waals surface area contributed by atoms with Crippen LogP contribution >= 0.6 is 0 Å². The summed E-state index contributed by atoms with van der Waals surface area (Å²) in [6, 6.07) is 0. The minimum absolute atomic E-state index is 0. The van der Waals surface area contributed by atoms with Gasteiger partial charge in [0.25, 0.3) is 0 Å². The Morgan fingerprint density at radius 3 is 0.430 bits per heavy atom. The van der Waals surface area contributed by atoms with Gasteiger partial charge in [-0.3, -0.25) is 80.8 Å². The van der Waals surface area contributed by atoms with Crippen molar-refractivity contribution in [3.8, 4) is 0 Å². The summed E-state index contributed by atoms with van der Waals surface area (Å²) in [5.74, 6) is 0.